The van der Waals surface area contributed by atoms with Gasteiger partial charge in [0.15, 0.2) is 5.56 Å². The lowest BCUT2D eigenvalue weighted by Gasteiger charge is -2.05. The molecule has 0 aliphatic rings. The first-order chi connectivity index (χ1) is 11.2. The molecule has 1 heterocycles. The SMILES string of the molecule is COc1ccc(Nc2onc(-c3ccccc3)c2C(=O)O)cc1. The molecule has 0 spiro atoms. The van der Waals surface area contributed by atoms with Crippen molar-refractivity contribution in [2.75, 3.05) is 12.4 Å². The smallest absolute Gasteiger partial charge is 0.343 e. The van der Waals surface area contributed by atoms with Crippen LogP contribution >= 0.6 is 0 Å². The molecule has 3 aromatic rings. The zero-order chi connectivity index (χ0) is 16.2. The van der Waals surface area contributed by atoms with Gasteiger partial charge in [0.05, 0.1) is 7.11 Å². The Labute approximate surface area is 132 Å². The minimum absolute atomic E-state index is 0.00739. The monoisotopic (exact) mass is 310 g/mol. The number of aromatic nitrogens is 1. The molecule has 6 heteroatoms. The molecule has 0 saturated heterocycles. The minimum atomic E-state index is -1.11. The standard InChI is InChI=1S/C17H14N2O4/c1-22-13-9-7-12(8-10-13)18-16-14(17(20)21)15(19-23-16)11-5-3-2-4-6-11/h2-10,18H,1H3,(H,20,21). The van der Waals surface area contributed by atoms with Gasteiger partial charge in [-0.1, -0.05) is 35.5 Å². The van der Waals surface area contributed by atoms with E-state index in [1.165, 1.54) is 0 Å². The van der Waals surface area contributed by atoms with Gasteiger partial charge < -0.3 is 19.7 Å². The quantitative estimate of drug-likeness (QED) is 0.746. The molecule has 0 fully saturated rings. The van der Waals surface area contributed by atoms with Crippen molar-refractivity contribution in [3.8, 4) is 17.0 Å². The topological polar surface area (TPSA) is 84.6 Å². The van der Waals surface area contributed by atoms with Crippen LogP contribution in [0.15, 0.2) is 59.1 Å². The molecule has 2 N–H and O–H groups in total. The van der Waals surface area contributed by atoms with Crippen LogP contribution in [-0.4, -0.2) is 23.3 Å². The number of nitrogens with one attached hydrogen (secondary N) is 1. The van der Waals surface area contributed by atoms with E-state index in [0.717, 1.165) is 0 Å². The summed E-state index contributed by atoms with van der Waals surface area (Å²) in [5.41, 5.74) is 1.63. The molecule has 0 saturated carbocycles. The van der Waals surface area contributed by atoms with Gasteiger partial charge in [-0.05, 0) is 24.3 Å². The highest BCUT2D eigenvalue weighted by Crippen LogP contribution is 2.31. The second-order valence-electron chi connectivity index (χ2n) is 4.76. The van der Waals surface area contributed by atoms with E-state index in [1.807, 2.05) is 18.2 Å². The first-order valence-electron chi connectivity index (χ1n) is 6.88. The summed E-state index contributed by atoms with van der Waals surface area (Å²) in [5.74, 6) is -0.320. The maximum Gasteiger partial charge on any atom is 0.343 e. The van der Waals surface area contributed by atoms with Crippen molar-refractivity contribution in [2.24, 2.45) is 0 Å². The van der Waals surface area contributed by atoms with Crippen molar-refractivity contribution in [1.82, 2.24) is 5.16 Å². The predicted octanol–water partition coefficient (Wildman–Crippen LogP) is 3.79. The van der Waals surface area contributed by atoms with Gasteiger partial charge in [-0.25, -0.2) is 4.79 Å². The lowest BCUT2D eigenvalue weighted by Crippen LogP contribution is -2.01. The molecule has 23 heavy (non-hydrogen) atoms. The fourth-order valence-electron chi connectivity index (χ4n) is 2.17. The molecule has 116 valence electrons. The summed E-state index contributed by atoms with van der Waals surface area (Å²) in [4.78, 5) is 11.6. The normalized spacial score (nSPS) is 10.3. The summed E-state index contributed by atoms with van der Waals surface area (Å²) < 4.78 is 10.3. The summed E-state index contributed by atoms with van der Waals surface area (Å²) in [5, 5.41) is 16.3. The van der Waals surface area contributed by atoms with Crippen molar-refractivity contribution in [3.63, 3.8) is 0 Å². The Balaban J connectivity index is 1.96. The number of anilines is 2. The van der Waals surface area contributed by atoms with E-state index < -0.39 is 5.97 Å². The lowest BCUT2D eigenvalue weighted by molar-refractivity contribution is 0.0698. The van der Waals surface area contributed by atoms with Crippen LogP contribution in [-0.2, 0) is 0 Å². The average Bonchev–Trinajstić information content (AvgIpc) is 3.00. The third-order valence-electron chi connectivity index (χ3n) is 3.30. The van der Waals surface area contributed by atoms with Gasteiger partial charge in [0.1, 0.15) is 11.4 Å². The number of carboxylic acid groups (broad SMARTS) is 1. The summed E-state index contributed by atoms with van der Waals surface area (Å²) in [6.45, 7) is 0. The van der Waals surface area contributed by atoms with Crippen molar-refractivity contribution in [1.29, 1.82) is 0 Å². The van der Waals surface area contributed by atoms with Crippen molar-refractivity contribution in [3.05, 3.63) is 60.2 Å². The van der Waals surface area contributed by atoms with E-state index in [1.54, 1.807) is 43.5 Å². The maximum absolute atomic E-state index is 11.6. The zero-order valence-electron chi connectivity index (χ0n) is 12.3. The predicted molar refractivity (Wildman–Crippen MR) is 85.2 cm³/mol. The Bertz CT molecular complexity index is 810. The van der Waals surface area contributed by atoms with Crippen molar-refractivity contribution < 1.29 is 19.2 Å². The number of hydrogen-bond acceptors (Lipinski definition) is 5. The van der Waals surface area contributed by atoms with E-state index in [4.69, 9.17) is 9.26 Å². The molecule has 0 aliphatic carbocycles. The molecular weight excluding hydrogens is 296 g/mol. The third-order valence-corrected chi connectivity index (χ3v) is 3.30. The van der Waals surface area contributed by atoms with Crippen LogP contribution < -0.4 is 10.1 Å². The average molecular weight is 310 g/mol. The number of nitrogens with zero attached hydrogens (tertiary/aromatic N) is 1. The Morgan fingerprint density at radius 2 is 1.83 bits per heavy atom. The summed E-state index contributed by atoms with van der Waals surface area (Å²) in [6, 6.07) is 16.1. The summed E-state index contributed by atoms with van der Waals surface area (Å²) in [6.07, 6.45) is 0. The number of methoxy groups -OCH3 is 1. The fraction of sp³-hybridized carbons (Fsp3) is 0.0588. The molecular formula is C17H14N2O4. The highest BCUT2D eigenvalue weighted by molar-refractivity contribution is 6.00. The fourth-order valence-corrected chi connectivity index (χ4v) is 2.17. The van der Waals surface area contributed by atoms with Crippen LogP contribution in [0.3, 0.4) is 0 Å². The van der Waals surface area contributed by atoms with Gasteiger partial charge >= 0.3 is 5.97 Å². The first kappa shape index (κ1) is 14.6. The van der Waals surface area contributed by atoms with Crippen molar-refractivity contribution in [2.45, 2.75) is 0 Å². The van der Waals surface area contributed by atoms with Crippen LogP contribution in [0.4, 0.5) is 11.6 Å². The van der Waals surface area contributed by atoms with Gasteiger partial charge in [0.25, 0.3) is 0 Å². The van der Waals surface area contributed by atoms with Crippen LogP contribution in [0.1, 0.15) is 10.4 Å². The van der Waals surface area contributed by atoms with E-state index in [-0.39, 0.29) is 17.1 Å². The number of ether oxygens (including phenoxy) is 1. The third kappa shape index (κ3) is 3.01. The lowest BCUT2D eigenvalue weighted by atomic mass is 10.1. The molecule has 0 bridgehead atoms. The minimum Gasteiger partial charge on any atom is -0.497 e. The van der Waals surface area contributed by atoms with Crippen LogP contribution in [0.2, 0.25) is 0 Å². The van der Waals surface area contributed by atoms with Gasteiger partial charge in [-0.3, -0.25) is 0 Å². The molecule has 0 radical (unpaired) electrons. The Morgan fingerprint density at radius 1 is 1.13 bits per heavy atom. The second-order valence-corrected chi connectivity index (χ2v) is 4.76. The number of hydrogen-bond donors (Lipinski definition) is 2. The maximum atomic E-state index is 11.6. The summed E-state index contributed by atoms with van der Waals surface area (Å²) in [7, 11) is 1.58. The zero-order valence-corrected chi connectivity index (χ0v) is 12.3. The van der Waals surface area contributed by atoms with Crippen molar-refractivity contribution >= 4 is 17.5 Å². The van der Waals surface area contributed by atoms with Gasteiger partial charge in [-0.2, -0.15) is 0 Å². The largest absolute Gasteiger partial charge is 0.497 e. The van der Waals surface area contributed by atoms with E-state index >= 15 is 0 Å². The van der Waals surface area contributed by atoms with E-state index in [9.17, 15) is 9.90 Å². The van der Waals surface area contributed by atoms with Crippen LogP contribution in [0.25, 0.3) is 11.3 Å². The molecule has 3 rings (SSSR count). The van der Waals surface area contributed by atoms with Crippen LogP contribution in [0.5, 0.6) is 5.75 Å². The highest BCUT2D eigenvalue weighted by atomic mass is 16.5. The number of carbonyl (C=O) groups is 1. The molecule has 0 atom stereocenters. The molecule has 6 nitrogen and oxygen atoms in total. The number of aromatic carboxylic acids is 1. The van der Waals surface area contributed by atoms with Crippen LogP contribution in [0, 0.1) is 0 Å². The van der Waals surface area contributed by atoms with Gasteiger partial charge in [0, 0.05) is 11.3 Å². The number of carboxylic acids is 1. The first-order valence-corrected chi connectivity index (χ1v) is 6.88. The highest BCUT2D eigenvalue weighted by Gasteiger charge is 2.23. The molecule has 0 amide bonds. The number of benzene rings is 2. The summed E-state index contributed by atoms with van der Waals surface area (Å²) >= 11 is 0. The van der Waals surface area contributed by atoms with Gasteiger partial charge in [-0.15, -0.1) is 0 Å². The molecule has 1 aromatic heterocycles. The van der Waals surface area contributed by atoms with E-state index in [2.05, 4.69) is 10.5 Å². The molecule has 2 aromatic carbocycles. The molecule has 0 unspecified atom stereocenters. The van der Waals surface area contributed by atoms with Gasteiger partial charge in [0.2, 0.25) is 5.88 Å². The number of rotatable bonds is 5. The molecule has 0 aliphatic heterocycles. The second kappa shape index (κ2) is 6.23. The Morgan fingerprint density at radius 3 is 2.43 bits per heavy atom. The Kier molecular flexibility index (Phi) is 3.97. The Hall–Kier alpha value is -3.28. The van der Waals surface area contributed by atoms with E-state index in [0.29, 0.717) is 17.0 Å².